The highest BCUT2D eigenvalue weighted by molar-refractivity contribution is 5.44. The summed E-state index contributed by atoms with van der Waals surface area (Å²) in [5.41, 5.74) is 2.46. The van der Waals surface area contributed by atoms with E-state index in [0.717, 1.165) is 11.3 Å². The third kappa shape index (κ3) is 3.76. The number of nitro benzene ring substituents is 1. The predicted molar refractivity (Wildman–Crippen MR) is 79.2 cm³/mol. The van der Waals surface area contributed by atoms with Crippen LogP contribution < -0.4 is 10.1 Å². The summed E-state index contributed by atoms with van der Waals surface area (Å²) in [5.74, 6) is 0.640. The van der Waals surface area contributed by atoms with E-state index in [-0.39, 0.29) is 17.2 Å². The van der Waals surface area contributed by atoms with Crippen molar-refractivity contribution < 1.29 is 9.66 Å². The molecule has 0 radical (unpaired) electrons. The zero-order valence-electron chi connectivity index (χ0n) is 12.0. The number of aromatic nitrogens is 1. The number of ether oxygens (including phenoxy) is 1. The molecule has 0 amide bonds. The molecule has 0 fully saturated rings. The Hall–Kier alpha value is -2.47. The normalized spacial score (nSPS) is 10.4. The number of hydrogen-bond donors (Lipinski definition) is 1. The molecule has 0 aliphatic carbocycles. The first-order valence-electron chi connectivity index (χ1n) is 6.57. The van der Waals surface area contributed by atoms with Gasteiger partial charge in [-0.3, -0.25) is 15.1 Å². The van der Waals surface area contributed by atoms with E-state index in [4.69, 9.17) is 4.74 Å². The van der Waals surface area contributed by atoms with Crippen LogP contribution in [0.1, 0.15) is 16.8 Å². The van der Waals surface area contributed by atoms with Crippen molar-refractivity contribution in [3.63, 3.8) is 0 Å². The molecule has 0 aliphatic heterocycles. The summed E-state index contributed by atoms with van der Waals surface area (Å²) in [6.45, 7) is 2.70. The lowest BCUT2D eigenvalue weighted by Gasteiger charge is -2.09. The highest BCUT2D eigenvalue weighted by atomic mass is 16.6. The molecule has 0 spiro atoms. The van der Waals surface area contributed by atoms with Gasteiger partial charge in [0, 0.05) is 18.2 Å². The first-order chi connectivity index (χ1) is 10.1. The van der Waals surface area contributed by atoms with Crippen molar-refractivity contribution in [1.29, 1.82) is 0 Å². The van der Waals surface area contributed by atoms with Crippen LogP contribution in [0.15, 0.2) is 36.5 Å². The van der Waals surface area contributed by atoms with Gasteiger partial charge in [0.25, 0.3) is 5.69 Å². The van der Waals surface area contributed by atoms with Crippen LogP contribution in [0.2, 0.25) is 0 Å². The number of nitrogens with zero attached hydrogens (tertiary/aromatic N) is 2. The summed E-state index contributed by atoms with van der Waals surface area (Å²) in [6.07, 6.45) is 1.65. The summed E-state index contributed by atoms with van der Waals surface area (Å²) < 4.78 is 5.64. The van der Waals surface area contributed by atoms with Crippen LogP contribution in [0.4, 0.5) is 5.69 Å². The van der Waals surface area contributed by atoms with Crippen molar-refractivity contribution in [3.8, 4) is 5.75 Å². The lowest BCUT2D eigenvalue weighted by Crippen LogP contribution is -2.06. The van der Waals surface area contributed by atoms with Gasteiger partial charge in [-0.15, -0.1) is 0 Å². The number of nitro groups is 1. The second kappa shape index (κ2) is 6.81. The molecule has 1 N–H and O–H groups in total. The molecule has 1 aromatic carbocycles. The fourth-order valence-corrected chi connectivity index (χ4v) is 1.97. The van der Waals surface area contributed by atoms with E-state index in [1.165, 1.54) is 6.07 Å². The topological polar surface area (TPSA) is 77.3 Å². The summed E-state index contributed by atoms with van der Waals surface area (Å²) in [7, 11) is 1.86. The fourth-order valence-electron chi connectivity index (χ4n) is 1.97. The van der Waals surface area contributed by atoms with Gasteiger partial charge in [0.05, 0.1) is 16.8 Å². The Morgan fingerprint density at radius 1 is 1.33 bits per heavy atom. The molecule has 1 heterocycles. The summed E-state index contributed by atoms with van der Waals surface area (Å²) >= 11 is 0. The highest BCUT2D eigenvalue weighted by Gasteiger charge is 2.13. The fraction of sp³-hybridized carbons (Fsp3) is 0.267. The van der Waals surface area contributed by atoms with Crippen LogP contribution in [0, 0.1) is 17.0 Å². The van der Waals surface area contributed by atoms with Gasteiger partial charge in [-0.1, -0.05) is 12.1 Å². The van der Waals surface area contributed by atoms with E-state index < -0.39 is 0 Å². The first kappa shape index (κ1) is 14.9. The van der Waals surface area contributed by atoms with E-state index in [1.54, 1.807) is 19.2 Å². The van der Waals surface area contributed by atoms with Crippen molar-refractivity contribution in [2.45, 2.75) is 20.1 Å². The van der Waals surface area contributed by atoms with Crippen LogP contribution >= 0.6 is 0 Å². The monoisotopic (exact) mass is 287 g/mol. The molecule has 0 atom stereocenters. The van der Waals surface area contributed by atoms with E-state index in [1.807, 2.05) is 25.2 Å². The van der Waals surface area contributed by atoms with Crippen LogP contribution in [0.25, 0.3) is 0 Å². The number of pyridine rings is 1. The minimum absolute atomic E-state index is 0.110. The molecule has 110 valence electrons. The average molecular weight is 287 g/mol. The summed E-state index contributed by atoms with van der Waals surface area (Å²) in [5, 5.41) is 13.9. The Kier molecular flexibility index (Phi) is 4.84. The summed E-state index contributed by atoms with van der Waals surface area (Å²) in [6, 6.07) is 8.70. The lowest BCUT2D eigenvalue weighted by atomic mass is 10.1. The van der Waals surface area contributed by atoms with Gasteiger partial charge in [-0.25, -0.2) is 0 Å². The standard InChI is InChI=1S/C15H17N3O3/c1-11-12(4-3-5-15(11)18(19)20)10-21-14-7-6-13(8-16-2)17-9-14/h3-7,9,16H,8,10H2,1-2H3. The maximum Gasteiger partial charge on any atom is 0.272 e. The van der Waals surface area contributed by atoms with Gasteiger partial charge >= 0.3 is 0 Å². The Bertz CT molecular complexity index is 627. The smallest absolute Gasteiger partial charge is 0.272 e. The average Bonchev–Trinajstić information content (AvgIpc) is 2.48. The van der Waals surface area contributed by atoms with E-state index >= 15 is 0 Å². The third-order valence-electron chi connectivity index (χ3n) is 3.16. The van der Waals surface area contributed by atoms with Crippen molar-refractivity contribution in [2.75, 3.05) is 7.05 Å². The van der Waals surface area contributed by atoms with Crippen molar-refractivity contribution in [2.24, 2.45) is 0 Å². The molecule has 0 saturated carbocycles. The molecule has 0 unspecified atom stereocenters. The largest absolute Gasteiger partial charge is 0.487 e. The maximum absolute atomic E-state index is 10.9. The van der Waals surface area contributed by atoms with Gasteiger partial charge in [0.2, 0.25) is 0 Å². The Morgan fingerprint density at radius 2 is 2.14 bits per heavy atom. The Morgan fingerprint density at radius 3 is 2.76 bits per heavy atom. The predicted octanol–water partition coefficient (Wildman–Crippen LogP) is 2.60. The van der Waals surface area contributed by atoms with Crippen LogP contribution in [-0.4, -0.2) is 17.0 Å². The Balaban J connectivity index is 2.06. The van der Waals surface area contributed by atoms with Crippen LogP contribution in [-0.2, 0) is 13.2 Å². The maximum atomic E-state index is 10.9. The second-order valence-corrected chi connectivity index (χ2v) is 4.62. The molecule has 21 heavy (non-hydrogen) atoms. The molecule has 6 heteroatoms. The minimum Gasteiger partial charge on any atom is -0.487 e. The number of rotatable bonds is 6. The molecule has 0 bridgehead atoms. The molecule has 2 aromatic rings. The van der Waals surface area contributed by atoms with Gasteiger partial charge in [0.1, 0.15) is 12.4 Å². The van der Waals surface area contributed by atoms with E-state index in [2.05, 4.69) is 10.3 Å². The SMILES string of the molecule is CNCc1ccc(OCc2cccc([N+](=O)[O-])c2C)cn1. The van der Waals surface area contributed by atoms with Crippen molar-refractivity contribution in [1.82, 2.24) is 10.3 Å². The zero-order chi connectivity index (χ0) is 15.2. The molecule has 6 nitrogen and oxygen atoms in total. The van der Waals surface area contributed by atoms with Crippen molar-refractivity contribution >= 4 is 5.69 Å². The molecule has 2 rings (SSSR count). The summed E-state index contributed by atoms with van der Waals surface area (Å²) in [4.78, 5) is 14.8. The first-order valence-corrected chi connectivity index (χ1v) is 6.57. The molecule has 1 aromatic heterocycles. The van der Waals surface area contributed by atoms with Gasteiger partial charge in [-0.2, -0.15) is 0 Å². The Labute approximate surface area is 122 Å². The van der Waals surface area contributed by atoms with Crippen LogP contribution in [0.3, 0.4) is 0 Å². The number of nitrogens with one attached hydrogen (secondary N) is 1. The van der Waals surface area contributed by atoms with Gasteiger partial charge in [-0.05, 0) is 31.7 Å². The highest BCUT2D eigenvalue weighted by Crippen LogP contribution is 2.22. The second-order valence-electron chi connectivity index (χ2n) is 4.62. The third-order valence-corrected chi connectivity index (χ3v) is 3.16. The van der Waals surface area contributed by atoms with E-state index in [9.17, 15) is 10.1 Å². The van der Waals surface area contributed by atoms with Crippen LogP contribution in [0.5, 0.6) is 5.75 Å². The molecule has 0 aliphatic rings. The number of hydrogen-bond acceptors (Lipinski definition) is 5. The van der Waals surface area contributed by atoms with Crippen molar-refractivity contribution in [3.05, 3.63) is 63.5 Å². The molecular formula is C15H17N3O3. The molecule has 0 saturated heterocycles. The van der Waals surface area contributed by atoms with Gasteiger partial charge in [0.15, 0.2) is 0 Å². The minimum atomic E-state index is -0.382. The lowest BCUT2D eigenvalue weighted by molar-refractivity contribution is -0.385. The number of benzene rings is 1. The zero-order valence-corrected chi connectivity index (χ0v) is 12.0. The molecular weight excluding hydrogens is 270 g/mol. The van der Waals surface area contributed by atoms with E-state index in [0.29, 0.717) is 17.9 Å². The quantitative estimate of drug-likeness (QED) is 0.652. The van der Waals surface area contributed by atoms with Gasteiger partial charge < -0.3 is 10.1 Å².